The highest BCUT2D eigenvalue weighted by Crippen LogP contribution is 2.34. The SMILES string of the molecule is Cc1cccnc1C(c1ccc(F)cc1F)N1CCC(C(=O)O)CC1. The lowest BCUT2D eigenvalue weighted by molar-refractivity contribution is -0.143. The van der Waals surface area contributed by atoms with E-state index >= 15 is 0 Å². The molecule has 0 amide bonds. The van der Waals surface area contributed by atoms with Crippen molar-refractivity contribution in [3.05, 3.63) is 65.0 Å². The minimum absolute atomic E-state index is 0.358. The van der Waals surface area contributed by atoms with Crippen molar-refractivity contribution in [1.29, 1.82) is 0 Å². The lowest BCUT2D eigenvalue weighted by Crippen LogP contribution is -2.40. The highest BCUT2D eigenvalue weighted by molar-refractivity contribution is 5.70. The molecule has 1 atom stereocenters. The van der Waals surface area contributed by atoms with Crippen LogP contribution >= 0.6 is 0 Å². The van der Waals surface area contributed by atoms with Crippen LogP contribution in [-0.2, 0) is 4.79 Å². The number of pyridine rings is 1. The van der Waals surface area contributed by atoms with Crippen molar-refractivity contribution in [2.75, 3.05) is 13.1 Å². The normalized spacial score (nSPS) is 17.4. The molecular weight excluding hydrogens is 326 g/mol. The molecular formula is C19H20F2N2O2. The van der Waals surface area contributed by atoms with E-state index in [1.165, 1.54) is 12.1 Å². The maximum absolute atomic E-state index is 14.5. The molecule has 1 unspecified atom stereocenters. The number of hydrogen-bond acceptors (Lipinski definition) is 3. The van der Waals surface area contributed by atoms with Crippen LogP contribution < -0.4 is 0 Å². The second kappa shape index (κ2) is 7.27. The Kier molecular flexibility index (Phi) is 5.08. The van der Waals surface area contributed by atoms with Gasteiger partial charge in [0.2, 0.25) is 0 Å². The van der Waals surface area contributed by atoms with Crippen molar-refractivity contribution in [3.63, 3.8) is 0 Å². The molecule has 3 rings (SSSR count). The summed E-state index contributed by atoms with van der Waals surface area (Å²) in [6, 6.07) is 6.83. The molecule has 1 aromatic carbocycles. The Morgan fingerprint density at radius 1 is 1.28 bits per heavy atom. The Balaban J connectivity index is 1.99. The van der Waals surface area contributed by atoms with E-state index in [2.05, 4.69) is 4.98 Å². The van der Waals surface area contributed by atoms with Crippen LogP contribution in [0.4, 0.5) is 8.78 Å². The van der Waals surface area contributed by atoms with Crippen molar-refractivity contribution in [1.82, 2.24) is 9.88 Å². The summed E-state index contributed by atoms with van der Waals surface area (Å²) < 4.78 is 27.8. The number of benzene rings is 1. The summed E-state index contributed by atoms with van der Waals surface area (Å²) in [7, 11) is 0. The standard InChI is InChI=1S/C19H20F2N2O2/c1-12-3-2-8-22-17(12)18(15-5-4-14(20)11-16(15)21)23-9-6-13(7-10-23)19(24)25/h2-5,8,11,13,18H,6-7,9-10H2,1H3,(H,24,25). The van der Waals surface area contributed by atoms with E-state index < -0.39 is 23.6 Å². The number of hydrogen-bond donors (Lipinski definition) is 1. The van der Waals surface area contributed by atoms with Gasteiger partial charge in [-0.3, -0.25) is 14.7 Å². The van der Waals surface area contributed by atoms with Crippen molar-refractivity contribution in [2.45, 2.75) is 25.8 Å². The number of aryl methyl sites for hydroxylation is 1. The van der Waals surface area contributed by atoms with Crippen molar-refractivity contribution >= 4 is 5.97 Å². The first kappa shape index (κ1) is 17.5. The highest BCUT2D eigenvalue weighted by atomic mass is 19.1. The van der Waals surface area contributed by atoms with Gasteiger partial charge in [-0.2, -0.15) is 0 Å². The molecule has 6 heteroatoms. The van der Waals surface area contributed by atoms with Crippen molar-refractivity contribution < 1.29 is 18.7 Å². The van der Waals surface area contributed by atoms with Gasteiger partial charge in [0, 0.05) is 17.8 Å². The van der Waals surface area contributed by atoms with Crippen LogP contribution in [0.1, 0.15) is 35.7 Å². The molecule has 0 aliphatic carbocycles. The van der Waals surface area contributed by atoms with Gasteiger partial charge in [0.05, 0.1) is 17.7 Å². The van der Waals surface area contributed by atoms with E-state index in [-0.39, 0.29) is 5.92 Å². The quantitative estimate of drug-likeness (QED) is 0.920. The van der Waals surface area contributed by atoms with E-state index in [1.54, 1.807) is 6.20 Å². The predicted octanol–water partition coefficient (Wildman–Crippen LogP) is 3.55. The molecule has 1 N–H and O–H groups in total. The number of carboxylic acid groups (broad SMARTS) is 1. The first-order valence-corrected chi connectivity index (χ1v) is 8.30. The Labute approximate surface area is 145 Å². The van der Waals surface area contributed by atoms with Gasteiger partial charge in [-0.05, 0) is 50.6 Å². The lowest BCUT2D eigenvalue weighted by Gasteiger charge is -2.37. The third-order valence-electron chi connectivity index (χ3n) is 4.81. The van der Waals surface area contributed by atoms with Crippen molar-refractivity contribution in [2.24, 2.45) is 5.92 Å². The second-order valence-electron chi connectivity index (χ2n) is 6.42. The average molecular weight is 346 g/mol. The average Bonchev–Trinajstić information content (AvgIpc) is 2.59. The fraction of sp³-hybridized carbons (Fsp3) is 0.368. The second-order valence-corrected chi connectivity index (χ2v) is 6.42. The Hall–Kier alpha value is -2.34. The van der Waals surface area contributed by atoms with E-state index in [9.17, 15) is 18.7 Å². The summed E-state index contributed by atoms with van der Waals surface area (Å²) in [5, 5.41) is 9.18. The van der Waals surface area contributed by atoms with Crippen LogP contribution in [-0.4, -0.2) is 34.0 Å². The number of rotatable bonds is 4. The summed E-state index contributed by atoms with van der Waals surface area (Å²) >= 11 is 0. The number of piperidine rings is 1. The zero-order valence-electron chi connectivity index (χ0n) is 14.0. The summed E-state index contributed by atoms with van der Waals surface area (Å²) in [4.78, 5) is 17.6. The smallest absolute Gasteiger partial charge is 0.306 e. The number of aliphatic carboxylic acids is 1. The van der Waals surface area contributed by atoms with E-state index in [0.717, 1.165) is 11.6 Å². The van der Waals surface area contributed by atoms with Gasteiger partial charge in [-0.15, -0.1) is 0 Å². The number of aromatic nitrogens is 1. The van der Waals surface area contributed by atoms with Crippen LogP contribution in [0, 0.1) is 24.5 Å². The summed E-state index contributed by atoms with van der Waals surface area (Å²) in [5.41, 5.74) is 1.98. The van der Waals surface area contributed by atoms with Crippen LogP contribution in [0.3, 0.4) is 0 Å². The fourth-order valence-electron chi connectivity index (χ4n) is 3.43. The zero-order valence-corrected chi connectivity index (χ0v) is 14.0. The first-order chi connectivity index (χ1) is 12.0. The third-order valence-corrected chi connectivity index (χ3v) is 4.81. The number of carboxylic acids is 1. The molecule has 0 bridgehead atoms. The third kappa shape index (κ3) is 3.69. The molecule has 1 saturated heterocycles. The molecule has 1 aromatic heterocycles. The molecule has 132 valence electrons. The number of carbonyl (C=O) groups is 1. The molecule has 1 fully saturated rings. The van der Waals surface area contributed by atoms with Gasteiger partial charge in [0.1, 0.15) is 11.6 Å². The minimum Gasteiger partial charge on any atom is -0.481 e. The number of likely N-dealkylation sites (tertiary alicyclic amines) is 1. The maximum Gasteiger partial charge on any atom is 0.306 e. The van der Waals surface area contributed by atoms with Crippen molar-refractivity contribution in [3.8, 4) is 0 Å². The van der Waals surface area contributed by atoms with Gasteiger partial charge >= 0.3 is 5.97 Å². The number of halogens is 2. The highest BCUT2D eigenvalue weighted by Gasteiger charge is 2.32. The molecule has 2 aromatic rings. The van der Waals surface area contributed by atoms with Gasteiger partial charge in [0.15, 0.2) is 0 Å². The van der Waals surface area contributed by atoms with Crippen LogP contribution in [0.15, 0.2) is 36.5 Å². The zero-order chi connectivity index (χ0) is 18.0. The van der Waals surface area contributed by atoms with Gasteiger partial charge in [0.25, 0.3) is 0 Å². The van der Waals surface area contributed by atoms with E-state index in [0.29, 0.717) is 37.2 Å². The molecule has 25 heavy (non-hydrogen) atoms. The van der Waals surface area contributed by atoms with E-state index in [4.69, 9.17) is 0 Å². The molecule has 4 nitrogen and oxygen atoms in total. The van der Waals surface area contributed by atoms with Crippen LogP contribution in [0.25, 0.3) is 0 Å². The summed E-state index contributed by atoms with van der Waals surface area (Å²) in [6.45, 7) is 2.95. The Morgan fingerprint density at radius 2 is 2.00 bits per heavy atom. The molecule has 0 radical (unpaired) electrons. The monoisotopic (exact) mass is 346 g/mol. The molecule has 2 heterocycles. The van der Waals surface area contributed by atoms with Gasteiger partial charge in [-0.1, -0.05) is 12.1 Å². The van der Waals surface area contributed by atoms with Gasteiger partial charge in [-0.25, -0.2) is 8.78 Å². The maximum atomic E-state index is 14.5. The Bertz CT molecular complexity index is 774. The van der Waals surface area contributed by atoms with Crippen LogP contribution in [0.5, 0.6) is 0 Å². The topological polar surface area (TPSA) is 53.4 Å². The lowest BCUT2D eigenvalue weighted by atomic mass is 9.91. The van der Waals surface area contributed by atoms with Gasteiger partial charge < -0.3 is 5.11 Å². The largest absolute Gasteiger partial charge is 0.481 e. The molecule has 1 aliphatic heterocycles. The summed E-state index contributed by atoms with van der Waals surface area (Å²) in [6.07, 6.45) is 2.65. The van der Waals surface area contributed by atoms with E-state index in [1.807, 2.05) is 24.0 Å². The number of nitrogens with zero attached hydrogens (tertiary/aromatic N) is 2. The van der Waals surface area contributed by atoms with Crippen LogP contribution in [0.2, 0.25) is 0 Å². The fourth-order valence-corrected chi connectivity index (χ4v) is 3.43. The minimum atomic E-state index is -0.793. The predicted molar refractivity (Wildman–Crippen MR) is 89.1 cm³/mol. The summed E-state index contributed by atoms with van der Waals surface area (Å²) in [5.74, 6) is -2.41. The molecule has 0 saturated carbocycles. The molecule has 1 aliphatic rings. The first-order valence-electron chi connectivity index (χ1n) is 8.30. The molecule has 0 spiro atoms. The Morgan fingerprint density at radius 3 is 2.60 bits per heavy atom.